The van der Waals surface area contributed by atoms with E-state index in [1.54, 1.807) is 0 Å². The summed E-state index contributed by atoms with van der Waals surface area (Å²) in [5.74, 6) is 0.903. The lowest BCUT2D eigenvalue weighted by Gasteiger charge is -2.20. The quantitative estimate of drug-likeness (QED) is 0.573. The van der Waals surface area contributed by atoms with Crippen molar-refractivity contribution in [2.75, 3.05) is 38.6 Å². The van der Waals surface area contributed by atoms with E-state index in [4.69, 9.17) is 4.99 Å². The zero-order valence-corrected chi connectivity index (χ0v) is 17.4. The fraction of sp³-hybridized carbons (Fsp3) is 0.435. The molecule has 0 aromatic heterocycles. The average Bonchev–Trinajstić information content (AvgIpc) is 3.16. The molecule has 0 spiro atoms. The first-order valence-electron chi connectivity index (χ1n) is 10.2. The van der Waals surface area contributed by atoms with Gasteiger partial charge in [-0.3, -0.25) is 0 Å². The van der Waals surface area contributed by atoms with E-state index in [0.717, 1.165) is 38.6 Å². The number of hydrogen-bond acceptors (Lipinski definition) is 3. The molecule has 1 aliphatic heterocycles. The monoisotopic (exact) mass is 379 g/mol. The number of nitrogens with zero attached hydrogens (tertiary/aromatic N) is 3. The fourth-order valence-electron chi connectivity index (χ4n) is 3.55. The summed E-state index contributed by atoms with van der Waals surface area (Å²) in [4.78, 5) is 9.42. The van der Waals surface area contributed by atoms with E-state index >= 15 is 0 Å². The minimum absolute atomic E-state index is 0.417. The van der Waals surface area contributed by atoms with Gasteiger partial charge < -0.3 is 20.4 Å². The Morgan fingerprint density at radius 3 is 2.46 bits per heavy atom. The molecule has 150 valence electrons. The number of anilines is 1. The molecule has 2 N–H and O–H groups in total. The minimum Gasteiger partial charge on any atom is -0.369 e. The van der Waals surface area contributed by atoms with Gasteiger partial charge in [0.2, 0.25) is 0 Å². The number of hydrogen-bond donors (Lipinski definition) is 2. The number of benzene rings is 2. The summed E-state index contributed by atoms with van der Waals surface area (Å²) in [6, 6.07) is 19.8. The molecule has 0 bridgehead atoms. The summed E-state index contributed by atoms with van der Waals surface area (Å²) in [7, 11) is 4.18. The van der Waals surface area contributed by atoms with Gasteiger partial charge in [0.1, 0.15) is 0 Å². The lowest BCUT2D eigenvalue weighted by molar-refractivity contribution is 0.402. The Morgan fingerprint density at radius 2 is 1.79 bits per heavy atom. The van der Waals surface area contributed by atoms with Crippen LogP contribution in [-0.4, -0.2) is 50.6 Å². The SMILES string of the molecule is CCNC(=NCc1ccc(CN(C)C)cc1)NC1CCN(c2ccccc2)C1. The van der Waals surface area contributed by atoms with Crippen LogP contribution in [0, 0.1) is 0 Å². The van der Waals surface area contributed by atoms with Crippen molar-refractivity contribution in [2.45, 2.75) is 32.5 Å². The minimum atomic E-state index is 0.417. The summed E-state index contributed by atoms with van der Waals surface area (Å²) in [5, 5.41) is 7.00. The van der Waals surface area contributed by atoms with Gasteiger partial charge in [0, 0.05) is 37.9 Å². The highest BCUT2D eigenvalue weighted by molar-refractivity contribution is 5.80. The molecule has 0 aliphatic carbocycles. The predicted molar refractivity (Wildman–Crippen MR) is 119 cm³/mol. The zero-order valence-electron chi connectivity index (χ0n) is 17.4. The smallest absolute Gasteiger partial charge is 0.191 e. The Kier molecular flexibility index (Phi) is 7.31. The molecule has 28 heavy (non-hydrogen) atoms. The van der Waals surface area contributed by atoms with Gasteiger partial charge >= 0.3 is 0 Å². The lowest BCUT2D eigenvalue weighted by Crippen LogP contribution is -2.44. The van der Waals surface area contributed by atoms with Crippen LogP contribution < -0.4 is 15.5 Å². The van der Waals surface area contributed by atoms with E-state index < -0.39 is 0 Å². The molecule has 1 heterocycles. The van der Waals surface area contributed by atoms with Crippen LogP contribution in [0.25, 0.3) is 0 Å². The molecule has 1 unspecified atom stereocenters. The number of nitrogens with one attached hydrogen (secondary N) is 2. The topological polar surface area (TPSA) is 42.9 Å². The van der Waals surface area contributed by atoms with Gasteiger partial charge in [-0.25, -0.2) is 4.99 Å². The van der Waals surface area contributed by atoms with Crippen molar-refractivity contribution in [2.24, 2.45) is 4.99 Å². The van der Waals surface area contributed by atoms with Gasteiger partial charge in [0.05, 0.1) is 6.54 Å². The van der Waals surface area contributed by atoms with E-state index in [1.807, 2.05) is 0 Å². The summed E-state index contributed by atoms with van der Waals surface area (Å²) >= 11 is 0. The second kappa shape index (κ2) is 10.1. The van der Waals surface area contributed by atoms with Crippen molar-refractivity contribution in [3.63, 3.8) is 0 Å². The first-order chi connectivity index (χ1) is 13.6. The van der Waals surface area contributed by atoms with Gasteiger partial charge in [-0.15, -0.1) is 0 Å². The number of para-hydroxylation sites is 1. The van der Waals surface area contributed by atoms with Crippen LogP contribution in [0.1, 0.15) is 24.5 Å². The largest absolute Gasteiger partial charge is 0.369 e. The van der Waals surface area contributed by atoms with Crippen LogP contribution >= 0.6 is 0 Å². The second-order valence-electron chi connectivity index (χ2n) is 7.66. The van der Waals surface area contributed by atoms with Crippen LogP contribution in [-0.2, 0) is 13.1 Å². The Bertz CT molecular complexity index is 739. The maximum absolute atomic E-state index is 4.80. The maximum Gasteiger partial charge on any atom is 0.191 e. The third-order valence-corrected chi connectivity index (χ3v) is 4.94. The molecule has 5 heteroatoms. The van der Waals surface area contributed by atoms with Crippen molar-refractivity contribution in [1.82, 2.24) is 15.5 Å². The van der Waals surface area contributed by atoms with E-state index in [2.05, 4.69) is 96.0 Å². The molecule has 1 saturated heterocycles. The lowest BCUT2D eigenvalue weighted by atomic mass is 10.1. The van der Waals surface area contributed by atoms with Gasteiger partial charge in [-0.2, -0.15) is 0 Å². The first-order valence-corrected chi connectivity index (χ1v) is 10.2. The predicted octanol–water partition coefficient (Wildman–Crippen LogP) is 3.08. The van der Waals surface area contributed by atoms with Crippen LogP contribution in [0.2, 0.25) is 0 Å². The summed E-state index contributed by atoms with van der Waals surface area (Å²) in [5.41, 5.74) is 3.86. The standard InChI is InChI=1S/C23H33N5/c1-4-24-23(25-16-19-10-12-20(13-11-19)17-27(2)3)26-21-14-15-28(18-21)22-8-6-5-7-9-22/h5-13,21H,4,14-18H2,1-3H3,(H2,24,25,26). The normalized spacial score (nSPS) is 17.2. The molecule has 0 saturated carbocycles. The average molecular weight is 380 g/mol. The van der Waals surface area contributed by atoms with Gasteiger partial charge in [0.15, 0.2) is 5.96 Å². The highest BCUT2D eigenvalue weighted by atomic mass is 15.2. The van der Waals surface area contributed by atoms with Crippen LogP contribution in [0.3, 0.4) is 0 Å². The summed E-state index contributed by atoms with van der Waals surface area (Å²) in [6.07, 6.45) is 1.12. The fourth-order valence-corrected chi connectivity index (χ4v) is 3.55. The molecule has 0 radical (unpaired) electrons. The van der Waals surface area contributed by atoms with Gasteiger partial charge in [-0.05, 0) is 50.7 Å². The van der Waals surface area contributed by atoms with Crippen molar-refractivity contribution in [3.05, 3.63) is 65.7 Å². The van der Waals surface area contributed by atoms with Crippen LogP contribution in [0.4, 0.5) is 5.69 Å². The highest BCUT2D eigenvalue weighted by Gasteiger charge is 2.23. The highest BCUT2D eigenvalue weighted by Crippen LogP contribution is 2.19. The molecule has 1 fully saturated rings. The van der Waals surface area contributed by atoms with Crippen molar-refractivity contribution in [1.29, 1.82) is 0 Å². The Balaban J connectivity index is 1.56. The molecular formula is C23H33N5. The summed E-state index contributed by atoms with van der Waals surface area (Å²) in [6.45, 7) is 6.71. The van der Waals surface area contributed by atoms with Crippen LogP contribution in [0.5, 0.6) is 0 Å². The molecule has 1 aliphatic rings. The van der Waals surface area contributed by atoms with Gasteiger partial charge in [-0.1, -0.05) is 42.5 Å². The molecule has 0 amide bonds. The molecule has 3 rings (SSSR count). The molecule has 5 nitrogen and oxygen atoms in total. The zero-order chi connectivity index (χ0) is 19.8. The maximum atomic E-state index is 4.80. The number of guanidine groups is 1. The molecule has 2 aromatic rings. The second-order valence-corrected chi connectivity index (χ2v) is 7.66. The number of aliphatic imine (C=N–C) groups is 1. The van der Waals surface area contributed by atoms with E-state index in [1.165, 1.54) is 16.8 Å². The van der Waals surface area contributed by atoms with Crippen LogP contribution in [0.15, 0.2) is 59.6 Å². The van der Waals surface area contributed by atoms with Crippen molar-refractivity contribution in [3.8, 4) is 0 Å². The Labute approximate surface area is 169 Å². The first kappa shape index (κ1) is 20.2. The summed E-state index contributed by atoms with van der Waals surface area (Å²) < 4.78 is 0. The molecule has 1 atom stereocenters. The van der Waals surface area contributed by atoms with Crippen molar-refractivity contribution >= 4 is 11.6 Å². The molecular weight excluding hydrogens is 346 g/mol. The molecule has 2 aromatic carbocycles. The Hall–Kier alpha value is -2.53. The van der Waals surface area contributed by atoms with E-state index in [-0.39, 0.29) is 0 Å². The van der Waals surface area contributed by atoms with E-state index in [9.17, 15) is 0 Å². The Morgan fingerprint density at radius 1 is 1.07 bits per heavy atom. The number of rotatable bonds is 7. The van der Waals surface area contributed by atoms with Crippen molar-refractivity contribution < 1.29 is 0 Å². The third-order valence-electron chi connectivity index (χ3n) is 4.94. The van der Waals surface area contributed by atoms with Gasteiger partial charge in [0.25, 0.3) is 0 Å². The van der Waals surface area contributed by atoms with E-state index in [0.29, 0.717) is 12.6 Å². The third kappa shape index (κ3) is 5.99.